The molecule has 0 N–H and O–H groups in total. The Morgan fingerprint density at radius 3 is 2.67 bits per heavy atom. The normalized spacial score (nSPS) is 21.9. The first kappa shape index (κ1) is 15.9. The van der Waals surface area contributed by atoms with E-state index in [1.165, 1.54) is 37.7 Å². The van der Waals surface area contributed by atoms with Gasteiger partial charge in [0.1, 0.15) is 5.75 Å². The molecule has 2 heterocycles. The van der Waals surface area contributed by atoms with Crippen molar-refractivity contribution in [2.45, 2.75) is 51.0 Å². The third-order valence-corrected chi connectivity index (χ3v) is 5.80. The maximum Gasteiger partial charge on any atom is 0.260 e. The molecule has 1 aliphatic heterocycles. The maximum absolute atomic E-state index is 12.5. The molecule has 0 atom stereocenters. The summed E-state index contributed by atoms with van der Waals surface area (Å²) in [4.78, 5) is 21.4. The van der Waals surface area contributed by atoms with Crippen molar-refractivity contribution in [3.63, 3.8) is 0 Å². The number of hydrogen-bond acceptors (Lipinski definition) is 4. The third kappa shape index (κ3) is 3.27. The van der Waals surface area contributed by atoms with Crippen LogP contribution in [0.15, 0.2) is 12.3 Å². The van der Waals surface area contributed by atoms with Crippen LogP contribution in [0.2, 0.25) is 0 Å². The van der Waals surface area contributed by atoms with Crippen molar-refractivity contribution in [2.24, 2.45) is 0 Å². The summed E-state index contributed by atoms with van der Waals surface area (Å²) in [6, 6.07) is 2.69. The van der Waals surface area contributed by atoms with E-state index in [1.807, 2.05) is 11.0 Å². The Morgan fingerprint density at radius 2 is 1.92 bits per heavy atom. The van der Waals surface area contributed by atoms with Gasteiger partial charge in [-0.05, 0) is 44.6 Å². The molecule has 0 aromatic carbocycles. The topological polar surface area (TPSA) is 45.7 Å². The van der Waals surface area contributed by atoms with Crippen LogP contribution >= 0.6 is 0 Å². The molecule has 1 aromatic heterocycles. The number of fused-ring (bicyclic) bond motifs is 1. The number of carbonyl (C=O) groups excluding carboxylic acids is 1. The van der Waals surface area contributed by atoms with E-state index in [-0.39, 0.29) is 12.5 Å². The number of ether oxygens (including phenoxy) is 1. The minimum absolute atomic E-state index is 0.115. The molecule has 4 rings (SSSR count). The van der Waals surface area contributed by atoms with Crippen LogP contribution in [0.25, 0.3) is 0 Å². The van der Waals surface area contributed by atoms with E-state index < -0.39 is 0 Å². The average Bonchev–Trinajstić information content (AvgIpc) is 2.59. The van der Waals surface area contributed by atoms with Crippen LogP contribution in [-0.4, -0.2) is 59.5 Å². The fourth-order valence-electron chi connectivity index (χ4n) is 4.05. The number of pyridine rings is 1. The molecule has 5 nitrogen and oxygen atoms in total. The Labute approximate surface area is 144 Å². The van der Waals surface area contributed by atoms with Crippen LogP contribution in [0, 0.1) is 0 Å². The molecular weight excluding hydrogens is 302 g/mol. The quantitative estimate of drug-likeness (QED) is 0.848. The van der Waals surface area contributed by atoms with Crippen molar-refractivity contribution in [2.75, 3.05) is 32.8 Å². The monoisotopic (exact) mass is 329 g/mol. The first-order valence-electron chi connectivity index (χ1n) is 9.42. The number of rotatable bonds is 4. The van der Waals surface area contributed by atoms with E-state index in [2.05, 4.69) is 9.88 Å². The van der Waals surface area contributed by atoms with E-state index in [0.717, 1.165) is 56.5 Å². The molecule has 1 amide bonds. The highest BCUT2D eigenvalue weighted by Gasteiger charge is 2.29. The van der Waals surface area contributed by atoms with Gasteiger partial charge < -0.3 is 9.64 Å². The summed E-state index contributed by atoms with van der Waals surface area (Å²) in [5.74, 6) is 0.978. The molecule has 5 heteroatoms. The molecular formula is C19H27N3O2. The van der Waals surface area contributed by atoms with Crippen LogP contribution in [0.5, 0.6) is 5.75 Å². The minimum Gasteiger partial charge on any atom is -0.483 e. The number of carbonyl (C=O) groups is 1. The summed E-state index contributed by atoms with van der Waals surface area (Å²) in [5, 5.41) is 0. The highest BCUT2D eigenvalue weighted by atomic mass is 16.5. The number of nitrogens with zero attached hydrogens (tertiary/aromatic N) is 3. The van der Waals surface area contributed by atoms with Crippen molar-refractivity contribution < 1.29 is 9.53 Å². The van der Waals surface area contributed by atoms with Gasteiger partial charge in [0.15, 0.2) is 6.61 Å². The Morgan fingerprint density at radius 1 is 1.12 bits per heavy atom. The van der Waals surface area contributed by atoms with E-state index in [1.54, 1.807) is 6.20 Å². The molecule has 1 saturated heterocycles. The van der Waals surface area contributed by atoms with Gasteiger partial charge in [0.25, 0.3) is 5.91 Å². The van der Waals surface area contributed by atoms with Crippen molar-refractivity contribution in [3.05, 3.63) is 23.5 Å². The number of aryl methyl sites for hydroxylation is 1. The SMILES string of the molecule is O=C(COc1ccnc2c1CCCC2)N1CCN(C2CCC2)CC1. The highest BCUT2D eigenvalue weighted by molar-refractivity contribution is 5.78. The van der Waals surface area contributed by atoms with Crippen molar-refractivity contribution in [1.82, 2.24) is 14.8 Å². The van der Waals surface area contributed by atoms with E-state index >= 15 is 0 Å². The summed E-state index contributed by atoms with van der Waals surface area (Å²) in [6.07, 6.45) is 10.3. The summed E-state index contributed by atoms with van der Waals surface area (Å²) >= 11 is 0. The van der Waals surface area contributed by atoms with Gasteiger partial charge in [-0.25, -0.2) is 0 Å². The molecule has 2 aliphatic carbocycles. The predicted molar refractivity (Wildman–Crippen MR) is 92.2 cm³/mol. The smallest absolute Gasteiger partial charge is 0.260 e. The second-order valence-corrected chi connectivity index (χ2v) is 7.23. The number of amides is 1. The molecule has 0 bridgehead atoms. The molecule has 2 fully saturated rings. The summed E-state index contributed by atoms with van der Waals surface area (Å²) in [7, 11) is 0. The van der Waals surface area contributed by atoms with Crippen molar-refractivity contribution >= 4 is 5.91 Å². The molecule has 24 heavy (non-hydrogen) atoms. The zero-order chi connectivity index (χ0) is 16.4. The van der Waals surface area contributed by atoms with Crippen LogP contribution in [0.3, 0.4) is 0 Å². The first-order chi connectivity index (χ1) is 11.8. The van der Waals surface area contributed by atoms with Crippen LogP contribution < -0.4 is 4.74 Å². The van der Waals surface area contributed by atoms with Gasteiger partial charge >= 0.3 is 0 Å². The molecule has 0 unspecified atom stereocenters. The van der Waals surface area contributed by atoms with E-state index in [4.69, 9.17) is 4.74 Å². The molecule has 0 radical (unpaired) electrons. The van der Waals surface area contributed by atoms with Crippen molar-refractivity contribution in [1.29, 1.82) is 0 Å². The average molecular weight is 329 g/mol. The van der Waals surface area contributed by atoms with Crippen LogP contribution in [-0.2, 0) is 17.6 Å². The van der Waals surface area contributed by atoms with Gasteiger partial charge in [-0.3, -0.25) is 14.7 Å². The fraction of sp³-hybridized carbons (Fsp3) is 0.684. The summed E-state index contributed by atoms with van der Waals surface area (Å²) < 4.78 is 5.88. The largest absolute Gasteiger partial charge is 0.483 e. The predicted octanol–water partition coefficient (Wildman–Crippen LogP) is 2.04. The Bertz CT molecular complexity index is 592. The van der Waals surface area contributed by atoms with Gasteiger partial charge in [-0.2, -0.15) is 0 Å². The zero-order valence-corrected chi connectivity index (χ0v) is 14.4. The number of piperazine rings is 1. The lowest BCUT2D eigenvalue weighted by atomic mass is 9.91. The van der Waals surface area contributed by atoms with Crippen LogP contribution in [0.4, 0.5) is 0 Å². The lowest BCUT2D eigenvalue weighted by Gasteiger charge is -2.42. The molecule has 1 aromatic rings. The van der Waals surface area contributed by atoms with E-state index in [9.17, 15) is 4.79 Å². The number of hydrogen-bond donors (Lipinski definition) is 0. The van der Waals surface area contributed by atoms with Crippen LogP contribution in [0.1, 0.15) is 43.4 Å². The Kier molecular flexibility index (Phi) is 4.69. The van der Waals surface area contributed by atoms with Gasteiger partial charge in [-0.1, -0.05) is 6.42 Å². The number of aromatic nitrogens is 1. The lowest BCUT2D eigenvalue weighted by Crippen LogP contribution is -2.54. The van der Waals surface area contributed by atoms with Crippen molar-refractivity contribution in [3.8, 4) is 5.75 Å². The third-order valence-electron chi connectivity index (χ3n) is 5.80. The maximum atomic E-state index is 12.5. The minimum atomic E-state index is 0.115. The standard InChI is InChI=1S/C19H27N3O2/c23-19(22-12-10-21(11-13-22)15-4-3-5-15)14-24-18-8-9-20-17-7-2-1-6-16(17)18/h8-9,15H,1-7,10-14H2. The second kappa shape index (κ2) is 7.09. The molecule has 3 aliphatic rings. The summed E-state index contributed by atoms with van der Waals surface area (Å²) in [6.45, 7) is 3.86. The first-order valence-corrected chi connectivity index (χ1v) is 9.42. The fourth-order valence-corrected chi connectivity index (χ4v) is 4.05. The Balaban J connectivity index is 1.29. The van der Waals surface area contributed by atoms with Gasteiger partial charge in [-0.15, -0.1) is 0 Å². The molecule has 0 spiro atoms. The van der Waals surface area contributed by atoms with Gasteiger partial charge in [0.2, 0.25) is 0 Å². The highest BCUT2D eigenvalue weighted by Crippen LogP contribution is 2.28. The molecule has 130 valence electrons. The summed E-state index contributed by atoms with van der Waals surface area (Å²) in [5.41, 5.74) is 2.37. The lowest BCUT2D eigenvalue weighted by molar-refractivity contribution is -0.135. The second-order valence-electron chi connectivity index (χ2n) is 7.23. The van der Waals surface area contributed by atoms with Gasteiger partial charge in [0.05, 0.1) is 0 Å². The zero-order valence-electron chi connectivity index (χ0n) is 14.4. The Hall–Kier alpha value is -1.62. The molecule has 1 saturated carbocycles. The van der Waals surface area contributed by atoms with Gasteiger partial charge in [0, 0.05) is 49.7 Å². The van der Waals surface area contributed by atoms with E-state index in [0.29, 0.717) is 0 Å².